The third-order valence-corrected chi connectivity index (χ3v) is 3.21. The molecule has 1 heterocycles. The van der Waals surface area contributed by atoms with Gasteiger partial charge in [0.2, 0.25) is 0 Å². The molecule has 2 N–H and O–H groups in total. The van der Waals surface area contributed by atoms with Crippen molar-refractivity contribution >= 4 is 21.8 Å². The molecule has 2 rings (SSSR count). The average Bonchev–Trinajstić information content (AvgIpc) is 2.90. The van der Waals surface area contributed by atoms with E-state index in [0.29, 0.717) is 23.0 Å². The lowest BCUT2D eigenvalue weighted by Gasteiger charge is -2.06. The zero-order valence-corrected chi connectivity index (χ0v) is 11.6. The molecule has 1 aromatic carbocycles. The lowest BCUT2D eigenvalue weighted by molar-refractivity contribution is 0.0952. The van der Waals surface area contributed by atoms with E-state index in [2.05, 4.69) is 36.4 Å². The Morgan fingerprint density at radius 3 is 3.05 bits per heavy atom. The summed E-state index contributed by atoms with van der Waals surface area (Å²) in [5.74, 6) is 0.0418. The second-order valence-corrected chi connectivity index (χ2v) is 4.77. The molecule has 2 aromatic rings. The molecule has 0 saturated heterocycles. The second-order valence-electron chi connectivity index (χ2n) is 3.92. The fraction of sp³-hybridized carbons (Fsp3) is 0.250. The monoisotopic (exact) mass is 326 g/mol. The first-order valence-corrected chi connectivity index (χ1v) is 6.53. The molecule has 5 nitrogen and oxygen atoms in total. The molecule has 0 fully saturated rings. The highest BCUT2D eigenvalue weighted by Gasteiger charge is 2.10. The number of carbonyl (C=O) groups is 1. The summed E-state index contributed by atoms with van der Waals surface area (Å²) >= 11 is 3.22. The molecule has 0 saturated carbocycles. The van der Waals surface area contributed by atoms with E-state index >= 15 is 0 Å². The predicted octanol–water partition coefficient (Wildman–Crippen LogP) is 2.07. The first-order chi connectivity index (χ1) is 9.16. The van der Waals surface area contributed by atoms with Crippen molar-refractivity contribution in [2.45, 2.75) is 12.8 Å². The highest BCUT2D eigenvalue weighted by molar-refractivity contribution is 9.10. The van der Waals surface area contributed by atoms with E-state index in [9.17, 15) is 9.18 Å². The van der Waals surface area contributed by atoms with E-state index in [1.54, 1.807) is 0 Å². The highest BCUT2D eigenvalue weighted by atomic mass is 79.9. The van der Waals surface area contributed by atoms with Crippen molar-refractivity contribution in [3.8, 4) is 0 Å². The Morgan fingerprint density at radius 1 is 1.47 bits per heavy atom. The van der Waals surface area contributed by atoms with Gasteiger partial charge >= 0.3 is 0 Å². The molecule has 0 aliphatic carbocycles. The van der Waals surface area contributed by atoms with E-state index in [1.165, 1.54) is 24.5 Å². The average molecular weight is 327 g/mol. The summed E-state index contributed by atoms with van der Waals surface area (Å²) in [5, 5.41) is 9.21. The first-order valence-electron chi connectivity index (χ1n) is 5.74. The summed E-state index contributed by atoms with van der Waals surface area (Å²) in [6, 6.07) is 4.01. The summed E-state index contributed by atoms with van der Waals surface area (Å²) in [6.07, 6.45) is 2.87. The summed E-state index contributed by atoms with van der Waals surface area (Å²) in [4.78, 5) is 15.8. The number of hydrogen-bond acceptors (Lipinski definition) is 3. The molecule has 0 aliphatic rings. The highest BCUT2D eigenvalue weighted by Crippen LogP contribution is 2.17. The zero-order chi connectivity index (χ0) is 13.7. The number of benzene rings is 1. The first kappa shape index (κ1) is 13.7. The van der Waals surface area contributed by atoms with Crippen molar-refractivity contribution < 1.29 is 9.18 Å². The van der Waals surface area contributed by atoms with Gasteiger partial charge in [-0.1, -0.05) is 0 Å². The van der Waals surface area contributed by atoms with Crippen LogP contribution in [0.2, 0.25) is 0 Å². The maximum absolute atomic E-state index is 13.1. The molecule has 7 heteroatoms. The number of nitrogens with zero attached hydrogens (tertiary/aromatic N) is 2. The van der Waals surface area contributed by atoms with Gasteiger partial charge in [-0.25, -0.2) is 9.37 Å². The number of H-pyrrole nitrogens is 1. The third-order valence-electron chi connectivity index (χ3n) is 2.51. The summed E-state index contributed by atoms with van der Waals surface area (Å²) in [6.45, 7) is 0.489. The van der Waals surface area contributed by atoms with E-state index in [0.717, 1.165) is 12.2 Å². The standard InChI is InChI=1S/C12H12BrFN4O/c13-10-4-3-8(14)6-9(10)12(19)15-5-1-2-11-16-7-17-18-11/h3-4,6-7H,1-2,5H2,(H,15,19)(H,16,17,18). The van der Waals surface area contributed by atoms with Crippen molar-refractivity contribution in [2.24, 2.45) is 0 Å². The molecule has 0 spiro atoms. The lowest BCUT2D eigenvalue weighted by atomic mass is 10.2. The van der Waals surface area contributed by atoms with Crippen molar-refractivity contribution in [1.29, 1.82) is 0 Å². The largest absolute Gasteiger partial charge is 0.352 e. The van der Waals surface area contributed by atoms with Gasteiger partial charge in [0.25, 0.3) is 5.91 Å². The molecule has 1 amide bonds. The minimum absolute atomic E-state index is 0.291. The molecule has 0 unspecified atom stereocenters. The molecule has 19 heavy (non-hydrogen) atoms. The number of aromatic nitrogens is 3. The number of carbonyl (C=O) groups excluding carboxylic acids is 1. The van der Waals surface area contributed by atoms with Gasteiger partial charge in [-0.05, 0) is 40.5 Å². The maximum Gasteiger partial charge on any atom is 0.252 e. The van der Waals surface area contributed by atoms with E-state index in [4.69, 9.17) is 0 Å². The molecule has 0 atom stereocenters. The van der Waals surface area contributed by atoms with Crippen molar-refractivity contribution in [3.05, 3.63) is 46.2 Å². The Bertz CT molecular complexity index is 559. The van der Waals surface area contributed by atoms with Crippen LogP contribution in [0.3, 0.4) is 0 Å². The SMILES string of the molecule is O=C(NCCCc1ncn[nH]1)c1cc(F)ccc1Br. The van der Waals surface area contributed by atoms with Gasteiger partial charge < -0.3 is 5.32 Å². The lowest BCUT2D eigenvalue weighted by Crippen LogP contribution is -2.25. The van der Waals surface area contributed by atoms with Crippen molar-refractivity contribution in [3.63, 3.8) is 0 Å². The summed E-state index contributed by atoms with van der Waals surface area (Å²) < 4.78 is 13.6. The molecule has 1 aromatic heterocycles. The Balaban J connectivity index is 1.82. The van der Waals surface area contributed by atoms with Gasteiger partial charge in [0, 0.05) is 17.4 Å². The van der Waals surface area contributed by atoms with E-state index in [-0.39, 0.29) is 5.91 Å². The summed E-state index contributed by atoms with van der Waals surface area (Å²) in [5.41, 5.74) is 0.291. The number of hydrogen-bond donors (Lipinski definition) is 2. The van der Waals surface area contributed by atoms with Crippen LogP contribution in [0.1, 0.15) is 22.6 Å². The van der Waals surface area contributed by atoms with Crippen LogP contribution in [-0.4, -0.2) is 27.6 Å². The van der Waals surface area contributed by atoms with Gasteiger partial charge in [0.05, 0.1) is 5.56 Å². The number of amides is 1. The van der Waals surface area contributed by atoms with E-state index < -0.39 is 5.82 Å². The number of aryl methyl sites for hydroxylation is 1. The van der Waals surface area contributed by atoms with Crippen LogP contribution < -0.4 is 5.32 Å². The fourth-order valence-corrected chi connectivity index (χ4v) is 2.00. The molecular weight excluding hydrogens is 315 g/mol. The van der Waals surface area contributed by atoms with Gasteiger partial charge in [-0.3, -0.25) is 9.89 Å². The third kappa shape index (κ3) is 3.85. The number of rotatable bonds is 5. The Labute approximate surface area is 117 Å². The number of aromatic amines is 1. The van der Waals surface area contributed by atoms with Crippen LogP contribution in [0.15, 0.2) is 29.0 Å². The Kier molecular flexibility index (Phi) is 4.62. The fourth-order valence-electron chi connectivity index (χ4n) is 1.58. The normalized spacial score (nSPS) is 10.4. The van der Waals surface area contributed by atoms with Crippen LogP contribution in [0.25, 0.3) is 0 Å². The van der Waals surface area contributed by atoms with Crippen LogP contribution in [0.4, 0.5) is 4.39 Å². The molecule has 0 aliphatic heterocycles. The van der Waals surface area contributed by atoms with Gasteiger partial charge in [-0.2, -0.15) is 5.10 Å². The molecule has 100 valence electrons. The maximum atomic E-state index is 13.1. The summed E-state index contributed by atoms with van der Waals surface area (Å²) in [7, 11) is 0. The van der Waals surface area contributed by atoms with Crippen LogP contribution in [-0.2, 0) is 6.42 Å². The smallest absolute Gasteiger partial charge is 0.252 e. The molecule has 0 bridgehead atoms. The quantitative estimate of drug-likeness (QED) is 0.826. The minimum atomic E-state index is -0.435. The topological polar surface area (TPSA) is 70.7 Å². The van der Waals surface area contributed by atoms with Crippen LogP contribution in [0, 0.1) is 5.82 Å². The number of halogens is 2. The molecule has 0 radical (unpaired) electrons. The van der Waals surface area contributed by atoms with Gasteiger partial charge in [0.15, 0.2) is 0 Å². The number of nitrogens with one attached hydrogen (secondary N) is 2. The van der Waals surface area contributed by atoms with Crippen molar-refractivity contribution in [1.82, 2.24) is 20.5 Å². The van der Waals surface area contributed by atoms with Crippen LogP contribution >= 0.6 is 15.9 Å². The molecular formula is C12H12BrFN4O. The van der Waals surface area contributed by atoms with Gasteiger partial charge in [0.1, 0.15) is 18.0 Å². The Hall–Kier alpha value is -1.76. The zero-order valence-electron chi connectivity index (χ0n) is 9.99. The Morgan fingerprint density at radius 2 is 2.32 bits per heavy atom. The van der Waals surface area contributed by atoms with Gasteiger partial charge in [-0.15, -0.1) is 0 Å². The minimum Gasteiger partial charge on any atom is -0.352 e. The van der Waals surface area contributed by atoms with Crippen LogP contribution in [0.5, 0.6) is 0 Å². The van der Waals surface area contributed by atoms with Crippen molar-refractivity contribution in [2.75, 3.05) is 6.54 Å². The second kappa shape index (κ2) is 6.42. The predicted molar refractivity (Wildman–Crippen MR) is 71.1 cm³/mol. The van der Waals surface area contributed by atoms with E-state index in [1.807, 2.05) is 0 Å².